The highest BCUT2D eigenvalue weighted by molar-refractivity contribution is 7.12. The van der Waals surface area contributed by atoms with Crippen molar-refractivity contribution in [2.45, 2.75) is 65.1 Å². The zero-order chi connectivity index (χ0) is 30.7. The molecule has 0 bridgehead atoms. The summed E-state index contributed by atoms with van der Waals surface area (Å²) in [6, 6.07) is 4.30. The number of ketones is 1. The Hall–Kier alpha value is -3.38. The highest BCUT2D eigenvalue weighted by atomic mass is 32.1. The van der Waals surface area contributed by atoms with E-state index in [-0.39, 0.29) is 29.4 Å². The molecule has 0 spiro atoms. The Balaban J connectivity index is 1.36. The summed E-state index contributed by atoms with van der Waals surface area (Å²) in [6.07, 6.45) is 2.81. The van der Waals surface area contributed by atoms with Crippen LogP contribution in [0.25, 0.3) is 11.3 Å². The number of benzene rings is 1. The molecule has 0 radical (unpaired) electrons. The summed E-state index contributed by atoms with van der Waals surface area (Å²) in [6.45, 7) is 7.14. The van der Waals surface area contributed by atoms with Gasteiger partial charge in [-0.2, -0.15) is 13.2 Å². The minimum atomic E-state index is -4.48. The van der Waals surface area contributed by atoms with Crippen LogP contribution in [-0.4, -0.2) is 62.9 Å². The summed E-state index contributed by atoms with van der Waals surface area (Å²) in [5.74, 6) is -0.247. The minimum absolute atomic E-state index is 0.0364. The maximum atomic E-state index is 13.8. The van der Waals surface area contributed by atoms with Crippen molar-refractivity contribution in [1.29, 1.82) is 0 Å². The van der Waals surface area contributed by atoms with Gasteiger partial charge >= 0.3 is 12.1 Å². The zero-order valence-corrected chi connectivity index (χ0v) is 25.2. The number of aliphatic carboxylic acids is 1. The number of carbonyl (C=O) groups excluding carboxylic acids is 1. The fraction of sp³-hybridized carbons (Fsp3) is 0.516. The summed E-state index contributed by atoms with van der Waals surface area (Å²) < 4.78 is 41.3. The third-order valence-electron chi connectivity index (χ3n) is 8.51. The maximum Gasteiger partial charge on any atom is 0.416 e. The van der Waals surface area contributed by atoms with Gasteiger partial charge in [-0.25, -0.2) is 15.0 Å². The summed E-state index contributed by atoms with van der Waals surface area (Å²) in [7, 11) is 0. The topological polar surface area (TPSA) is 99.5 Å². The molecule has 230 valence electrons. The highest BCUT2D eigenvalue weighted by Gasteiger charge is 2.33. The summed E-state index contributed by atoms with van der Waals surface area (Å²) in [5.41, 5.74) is 0.525. The van der Waals surface area contributed by atoms with Gasteiger partial charge in [-0.3, -0.25) is 14.5 Å². The van der Waals surface area contributed by atoms with E-state index in [1.54, 1.807) is 6.07 Å². The smallest absolute Gasteiger partial charge is 0.416 e. The fourth-order valence-electron chi connectivity index (χ4n) is 5.93. The van der Waals surface area contributed by atoms with Crippen LogP contribution in [0, 0.1) is 18.8 Å². The number of likely N-dealkylation sites (tertiary alicyclic amines) is 1. The van der Waals surface area contributed by atoms with Crippen LogP contribution >= 0.6 is 11.3 Å². The molecule has 8 nitrogen and oxygen atoms in total. The molecule has 2 aliphatic heterocycles. The summed E-state index contributed by atoms with van der Waals surface area (Å²) in [4.78, 5) is 43.0. The standard InChI is InChI=1S/C31H36F3N5O3S/c1-3-20-5-4-10-38(17-20)18-26-29(22-7-6-19(2)23(13-22)31(32,33)34)37-28(43-26)14-25(40)24-15-36-27(16-35-24)39-11-8-21(9-12-39)30(41)42/h6-7,13,15-16,20-21H,3-5,8-12,14,17-18H2,1-2H3,(H,41,42)/t20-/m1/s1. The van der Waals surface area contributed by atoms with E-state index in [4.69, 9.17) is 4.98 Å². The molecule has 43 heavy (non-hydrogen) atoms. The van der Waals surface area contributed by atoms with Gasteiger partial charge in [0.1, 0.15) is 16.5 Å². The molecule has 0 saturated carbocycles. The number of aromatic nitrogens is 3. The Morgan fingerprint density at radius 1 is 1.09 bits per heavy atom. The second kappa shape index (κ2) is 13.1. The quantitative estimate of drug-likeness (QED) is 0.281. The van der Waals surface area contributed by atoms with Gasteiger partial charge in [-0.15, -0.1) is 11.3 Å². The number of aryl methyl sites for hydroxylation is 1. The Labute approximate surface area is 253 Å². The largest absolute Gasteiger partial charge is 0.481 e. The molecule has 2 aliphatic rings. The van der Waals surface area contributed by atoms with Gasteiger partial charge in [0.2, 0.25) is 0 Å². The molecule has 1 N–H and O–H groups in total. The van der Waals surface area contributed by atoms with E-state index in [1.807, 2.05) is 4.90 Å². The number of anilines is 1. The third-order valence-corrected chi connectivity index (χ3v) is 9.55. The molecule has 2 aromatic heterocycles. The van der Waals surface area contributed by atoms with E-state index < -0.39 is 17.7 Å². The van der Waals surface area contributed by atoms with E-state index in [1.165, 1.54) is 43.1 Å². The van der Waals surface area contributed by atoms with Crippen LogP contribution in [0.1, 0.15) is 70.5 Å². The molecule has 4 heterocycles. The molecule has 2 saturated heterocycles. The SMILES string of the molecule is CC[C@@H]1CCCN(Cc2sc(CC(=O)c3cnc(N4CCC(C(=O)O)CC4)cn3)nc2-c2ccc(C)c(C(F)(F)F)c2)C1. The first-order valence-corrected chi connectivity index (χ1v) is 15.6. The van der Waals surface area contributed by atoms with Gasteiger partial charge in [0, 0.05) is 36.6 Å². The average Bonchev–Trinajstić information content (AvgIpc) is 3.38. The lowest BCUT2D eigenvalue weighted by atomic mass is 9.95. The monoisotopic (exact) mass is 615 g/mol. The van der Waals surface area contributed by atoms with Crippen molar-refractivity contribution < 1.29 is 27.9 Å². The predicted octanol–water partition coefficient (Wildman–Crippen LogP) is 6.28. The van der Waals surface area contributed by atoms with Crippen LogP contribution in [0.5, 0.6) is 0 Å². The molecule has 1 atom stereocenters. The fourth-order valence-corrected chi connectivity index (χ4v) is 7.06. The number of Topliss-reactive ketones (excluding diaryl/α,β-unsaturated/α-hetero) is 1. The molecule has 0 amide bonds. The van der Waals surface area contributed by atoms with Crippen molar-refractivity contribution in [3.05, 3.63) is 57.3 Å². The first-order chi connectivity index (χ1) is 20.5. The van der Waals surface area contributed by atoms with E-state index in [0.717, 1.165) is 36.9 Å². The van der Waals surface area contributed by atoms with Crippen LogP contribution in [0.3, 0.4) is 0 Å². The van der Waals surface area contributed by atoms with Crippen molar-refractivity contribution >= 4 is 28.9 Å². The number of thiazole rings is 1. The number of alkyl halides is 3. The lowest BCUT2D eigenvalue weighted by Crippen LogP contribution is -2.36. The Bertz CT molecular complexity index is 1450. The molecule has 3 aromatic rings. The number of rotatable bonds is 9. The molecule has 2 fully saturated rings. The zero-order valence-electron chi connectivity index (χ0n) is 24.4. The van der Waals surface area contributed by atoms with Gasteiger partial charge in [0.15, 0.2) is 5.78 Å². The number of carbonyl (C=O) groups is 2. The molecular formula is C31H36F3N5O3S. The second-order valence-electron chi connectivity index (χ2n) is 11.5. The molecule has 12 heteroatoms. The lowest BCUT2D eigenvalue weighted by Gasteiger charge is -2.32. The number of hydrogen-bond donors (Lipinski definition) is 1. The Kier molecular flexibility index (Phi) is 9.45. The average molecular weight is 616 g/mol. The Morgan fingerprint density at radius 2 is 1.86 bits per heavy atom. The number of hydrogen-bond acceptors (Lipinski definition) is 8. The van der Waals surface area contributed by atoms with Crippen LogP contribution < -0.4 is 4.90 Å². The number of halogens is 3. The third kappa shape index (κ3) is 7.41. The molecule has 5 rings (SSSR count). The van der Waals surface area contributed by atoms with E-state index in [0.29, 0.717) is 60.5 Å². The number of carboxylic acids is 1. The summed E-state index contributed by atoms with van der Waals surface area (Å²) in [5, 5.41) is 9.74. The highest BCUT2D eigenvalue weighted by Crippen LogP contribution is 2.37. The molecule has 0 unspecified atom stereocenters. The predicted molar refractivity (Wildman–Crippen MR) is 158 cm³/mol. The summed E-state index contributed by atoms with van der Waals surface area (Å²) >= 11 is 1.37. The van der Waals surface area contributed by atoms with Crippen molar-refractivity contribution in [2.75, 3.05) is 31.1 Å². The maximum absolute atomic E-state index is 13.8. The van der Waals surface area contributed by atoms with Crippen molar-refractivity contribution in [3.8, 4) is 11.3 Å². The van der Waals surface area contributed by atoms with Gasteiger partial charge in [0.05, 0.1) is 36.0 Å². The minimum Gasteiger partial charge on any atom is -0.481 e. The Morgan fingerprint density at radius 3 is 2.51 bits per heavy atom. The molecular weight excluding hydrogens is 579 g/mol. The number of nitrogens with zero attached hydrogens (tertiary/aromatic N) is 5. The van der Waals surface area contributed by atoms with Gasteiger partial charge in [-0.1, -0.05) is 25.5 Å². The number of carboxylic acid groups (broad SMARTS) is 1. The van der Waals surface area contributed by atoms with E-state index >= 15 is 0 Å². The van der Waals surface area contributed by atoms with Crippen molar-refractivity contribution in [2.24, 2.45) is 11.8 Å². The lowest BCUT2D eigenvalue weighted by molar-refractivity contribution is -0.142. The van der Waals surface area contributed by atoms with Crippen molar-refractivity contribution in [3.63, 3.8) is 0 Å². The normalized spacial score (nSPS) is 18.6. The van der Waals surface area contributed by atoms with Crippen LogP contribution in [0.15, 0.2) is 30.6 Å². The van der Waals surface area contributed by atoms with Gasteiger partial charge < -0.3 is 10.0 Å². The van der Waals surface area contributed by atoms with Crippen LogP contribution in [0.2, 0.25) is 0 Å². The second-order valence-corrected chi connectivity index (χ2v) is 12.7. The molecule has 0 aliphatic carbocycles. The van der Waals surface area contributed by atoms with Crippen molar-refractivity contribution in [1.82, 2.24) is 19.9 Å². The first kappa shape index (κ1) is 31.1. The number of piperidine rings is 2. The van der Waals surface area contributed by atoms with Crippen LogP contribution in [0.4, 0.5) is 19.0 Å². The van der Waals surface area contributed by atoms with E-state index in [9.17, 15) is 27.9 Å². The van der Waals surface area contributed by atoms with Crippen LogP contribution in [-0.2, 0) is 23.9 Å². The molecule has 1 aromatic carbocycles. The first-order valence-electron chi connectivity index (χ1n) is 14.7. The van der Waals surface area contributed by atoms with E-state index in [2.05, 4.69) is 21.8 Å². The van der Waals surface area contributed by atoms with Gasteiger partial charge in [-0.05, 0) is 56.7 Å². The van der Waals surface area contributed by atoms with Gasteiger partial charge in [0.25, 0.3) is 0 Å².